The third kappa shape index (κ3) is 4.75. The Balaban J connectivity index is 1.77. The number of rotatable bonds is 6. The average Bonchev–Trinajstić information content (AvgIpc) is 3.07. The fourth-order valence-corrected chi connectivity index (χ4v) is 2.53. The number of halogens is 1. The van der Waals surface area contributed by atoms with Crippen molar-refractivity contribution in [3.8, 4) is 11.5 Å². The highest BCUT2D eigenvalue weighted by Gasteiger charge is 2.27. The van der Waals surface area contributed by atoms with Crippen molar-refractivity contribution in [1.29, 1.82) is 0 Å². The Labute approximate surface area is 165 Å². The highest BCUT2D eigenvalue weighted by atomic mass is 19.1. The van der Waals surface area contributed by atoms with E-state index in [9.17, 15) is 18.8 Å². The average molecular weight is 399 g/mol. The number of carbonyl (C=O) groups excluding carboxylic acids is 2. The van der Waals surface area contributed by atoms with Crippen LogP contribution in [0.15, 0.2) is 63.8 Å². The van der Waals surface area contributed by atoms with E-state index in [0.29, 0.717) is 11.1 Å². The highest BCUT2D eigenvalue weighted by molar-refractivity contribution is 5.84. The van der Waals surface area contributed by atoms with Crippen molar-refractivity contribution in [1.82, 2.24) is 14.7 Å². The van der Waals surface area contributed by atoms with Gasteiger partial charge >= 0.3 is 11.7 Å². The fourth-order valence-electron chi connectivity index (χ4n) is 2.53. The van der Waals surface area contributed by atoms with E-state index in [4.69, 9.17) is 9.15 Å². The van der Waals surface area contributed by atoms with Crippen LogP contribution >= 0.6 is 0 Å². The molecular formula is C20H18FN3O5. The molecule has 8 nitrogen and oxygen atoms in total. The standard InChI is InChI=1S/C20H18FN3O5/c1-23(2)19(26)17(13-6-4-3-5-7-13)28-16(25)12-24-20(27)29-18(22-24)14-8-10-15(21)11-9-14/h3-11,17H,12H2,1-2H3. The lowest BCUT2D eigenvalue weighted by Crippen LogP contribution is -2.33. The van der Waals surface area contributed by atoms with Gasteiger partial charge in [0.15, 0.2) is 0 Å². The lowest BCUT2D eigenvalue weighted by atomic mass is 10.1. The molecule has 0 N–H and O–H groups in total. The Morgan fingerprint density at radius 1 is 1.14 bits per heavy atom. The topological polar surface area (TPSA) is 94.6 Å². The maximum atomic E-state index is 13.0. The van der Waals surface area contributed by atoms with Crippen LogP contribution in [0.5, 0.6) is 0 Å². The summed E-state index contributed by atoms with van der Waals surface area (Å²) < 4.78 is 24.1. The molecule has 0 saturated heterocycles. The van der Waals surface area contributed by atoms with Crippen LogP contribution in [0.3, 0.4) is 0 Å². The molecule has 9 heteroatoms. The lowest BCUT2D eigenvalue weighted by Gasteiger charge is -2.21. The summed E-state index contributed by atoms with van der Waals surface area (Å²) >= 11 is 0. The van der Waals surface area contributed by atoms with Gasteiger partial charge in [0.2, 0.25) is 12.0 Å². The molecule has 3 aromatic rings. The second-order valence-corrected chi connectivity index (χ2v) is 6.35. The van der Waals surface area contributed by atoms with Gasteiger partial charge in [-0.1, -0.05) is 30.3 Å². The van der Waals surface area contributed by atoms with E-state index in [2.05, 4.69) is 5.10 Å². The third-order valence-electron chi connectivity index (χ3n) is 3.99. The molecule has 0 saturated carbocycles. The molecule has 0 fully saturated rings. The summed E-state index contributed by atoms with van der Waals surface area (Å²) in [6.45, 7) is -0.548. The number of carbonyl (C=O) groups is 2. The van der Waals surface area contributed by atoms with Gasteiger partial charge in [0, 0.05) is 25.2 Å². The number of aromatic nitrogens is 2. The van der Waals surface area contributed by atoms with Crippen LogP contribution < -0.4 is 5.76 Å². The second kappa shape index (κ2) is 8.51. The zero-order valence-electron chi connectivity index (χ0n) is 15.7. The Morgan fingerprint density at radius 2 is 1.79 bits per heavy atom. The lowest BCUT2D eigenvalue weighted by molar-refractivity contribution is -0.160. The minimum Gasteiger partial charge on any atom is -0.446 e. The molecule has 1 unspecified atom stereocenters. The number of nitrogens with zero attached hydrogens (tertiary/aromatic N) is 3. The Morgan fingerprint density at radius 3 is 2.41 bits per heavy atom. The van der Waals surface area contributed by atoms with E-state index in [-0.39, 0.29) is 5.89 Å². The first-order valence-electron chi connectivity index (χ1n) is 8.64. The fraction of sp³-hybridized carbons (Fsp3) is 0.200. The summed E-state index contributed by atoms with van der Waals surface area (Å²) in [5.74, 6) is -2.65. The second-order valence-electron chi connectivity index (χ2n) is 6.35. The molecule has 29 heavy (non-hydrogen) atoms. The highest BCUT2D eigenvalue weighted by Crippen LogP contribution is 2.20. The van der Waals surface area contributed by atoms with Crippen molar-refractivity contribution in [2.75, 3.05) is 14.1 Å². The Hall–Kier alpha value is -3.75. The number of amides is 1. The van der Waals surface area contributed by atoms with E-state index in [1.165, 1.54) is 29.2 Å². The van der Waals surface area contributed by atoms with Crippen LogP contribution in [0.1, 0.15) is 11.7 Å². The molecule has 3 rings (SSSR count). The molecule has 1 aromatic heterocycles. The molecule has 0 radical (unpaired) electrons. The predicted molar refractivity (Wildman–Crippen MR) is 100 cm³/mol. The van der Waals surface area contributed by atoms with Gasteiger partial charge in [0.05, 0.1) is 0 Å². The third-order valence-corrected chi connectivity index (χ3v) is 3.99. The first kappa shape index (κ1) is 20.0. The van der Waals surface area contributed by atoms with Crippen LogP contribution in [0, 0.1) is 5.82 Å². The van der Waals surface area contributed by atoms with E-state index < -0.39 is 36.1 Å². The molecule has 0 bridgehead atoms. The molecule has 2 aromatic carbocycles. The summed E-state index contributed by atoms with van der Waals surface area (Å²) in [4.78, 5) is 38.1. The number of benzene rings is 2. The minimum atomic E-state index is -1.15. The van der Waals surface area contributed by atoms with Crippen LogP contribution in [0.25, 0.3) is 11.5 Å². The van der Waals surface area contributed by atoms with Crippen molar-refractivity contribution >= 4 is 11.9 Å². The summed E-state index contributed by atoms with van der Waals surface area (Å²) in [5, 5.41) is 3.93. The van der Waals surface area contributed by atoms with E-state index >= 15 is 0 Å². The Kier molecular flexibility index (Phi) is 5.87. The summed E-state index contributed by atoms with van der Waals surface area (Å²) in [7, 11) is 3.09. The monoisotopic (exact) mass is 399 g/mol. The van der Waals surface area contributed by atoms with Crippen LogP contribution in [-0.2, 0) is 20.9 Å². The van der Waals surface area contributed by atoms with Crippen molar-refractivity contribution in [2.45, 2.75) is 12.6 Å². The number of likely N-dealkylation sites (N-methyl/N-ethyl adjacent to an activating group) is 1. The zero-order chi connectivity index (χ0) is 21.0. The van der Waals surface area contributed by atoms with Gasteiger partial charge in [-0.3, -0.25) is 9.59 Å². The summed E-state index contributed by atoms with van der Waals surface area (Å²) in [6.07, 6.45) is -1.15. The van der Waals surface area contributed by atoms with Crippen molar-refractivity contribution in [3.63, 3.8) is 0 Å². The first-order valence-corrected chi connectivity index (χ1v) is 8.64. The molecule has 0 aliphatic carbocycles. The minimum absolute atomic E-state index is 0.0632. The molecule has 150 valence electrons. The van der Waals surface area contributed by atoms with Crippen LogP contribution in [0.2, 0.25) is 0 Å². The quantitative estimate of drug-likeness (QED) is 0.589. The van der Waals surface area contributed by atoms with Gasteiger partial charge in [0.1, 0.15) is 12.4 Å². The van der Waals surface area contributed by atoms with Gasteiger partial charge in [-0.2, -0.15) is 4.68 Å². The molecule has 1 heterocycles. The number of hydrogen-bond acceptors (Lipinski definition) is 6. The summed E-state index contributed by atoms with van der Waals surface area (Å²) in [6, 6.07) is 13.7. The van der Waals surface area contributed by atoms with Crippen molar-refractivity contribution in [3.05, 3.63) is 76.5 Å². The molecular weight excluding hydrogens is 381 g/mol. The van der Waals surface area contributed by atoms with Gasteiger partial charge in [-0.05, 0) is 24.3 Å². The number of ether oxygens (including phenoxy) is 1. The van der Waals surface area contributed by atoms with E-state index in [1.54, 1.807) is 44.4 Å². The van der Waals surface area contributed by atoms with Crippen molar-refractivity contribution < 1.29 is 23.1 Å². The molecule has 0 spiro atoms. The van der Waals surface area contributed by atoms with E-state index in [0.717, 1.165) is 4.68 Å². The predicted octanol–water partition coefficient (Wildman–Crippen LogP) is 2.02. The Bertz CT molecular complexity index is 1060. The molecule has 0 aliphatic rings. The SMILES string of the molecule is CN(C)C(=O)C(OC(=O)Cn1nc(-c2ccc(F)cc2)oc1=O)c1ccccc1. The van der Waals surface area contributed by atoms with Gasteiger partial charge in [0.25, 0.3) is 5.91 Å². The van der Waals surface area contributed by atoms with E-state index in [1.807, 2.05) is 0 Å². The molecule has 1 amide bonds. The van der Waals surface area contributed by atoms with Crippen LogP contribution in [-0.4, -0.2) is 40.7 Å². The van der Waals surface area contributed by atoms with Crippen molar-refractivity contribution in [2.24, 2.45) is 0 Å². The molecule has 0 aliphatic heterocycles. The zero-order valence-corrected chi connectivity index (χ0v) is 15.7. The van der Waals surface area contributed by atoms with Gasteiger partial charge in [-0.25, -0.2) is 9.18 Å². The van der Waals surface area contributed by atoms with Crippen LogP contribution in [0.4, 0.5) is 4.39 Å². The maximum absolute atomic E-state index is 13.0. The normalized spacial score (nSPS) is 11.7. The molecule has 1 atom stereocenters. The largest absolute Gasteiger partial charge is 0.446 e. The van der Waals surface area contributed by atoms with Gasteiger partial charge < -0.3 is 14.1 Å². The smallest absolute Gasteiger partial charge is 0.437 e. The summed E-state index contributed by atoms with van der Waals surface area (Å²) in [5.41, 5.74) is 0.875. The number of esters is 1. The maximum Gasteiger partial charge on any atom is 0.437 e. The first-order chi connectivity index (χ1) is 13.8. The van der Waals surface area contributed by atoms with Gasteiger partial charge in [-0.15, -0.1) is 5.10 Å². The number of hydrogen-bond donors (Lipinski definition) is 0.